The number of nitrogens with one attached hydrogen (secondary N) is 2. The van der Waals surface area contributed by atoms with Crippen molar-refractivity contribution < 1.29 is 14.0 Å². The fourth-order valence-electron chi connectivity index (χ4n) is 2.16. The van der Waals surface area contributed by atoms with E-state index >= 15 is 0 Å². The smallest absolute Gasteiger partial charge is 0.250 e. The van der Waals surface area contributed by atoms with Crippen LogP contribution in [0.15, 0.2) is 35.0 Å². The Morgan fingerprint density at radius 3 is 2.64 bits per heavy atom. The second kappa shape index (κ2) is 7.47. The number of rotatable bonds is 7. The second-order valence-corrected chi connectivity index (χ2v) is 5.16. The Hall–Kier alpha value is -3.36. The van der Waals surface area contributed by atoms with Crippen LogP contribution in [0.2, 0.25) is 0 Å². The minimum absolute atomic E-state index is 0.325. The molecule has 3 aromatic rings. The van der Waals surface area contributed by atoms with E-state index in [0.29, 0.717) is 41.4 Å². The van der Waals surface area contributed by atoms with Crippen LogP contribution in [-0.4, -0.2) is 34.6 Å². The maximum atomic E-state index is 5.30. The van der Waals surface area contributed by atoms with Crippen LogP contribution in [0, 0.1) is 6.92 Å². The normalized spacial score (nSPS) is 10.4. The second-order valence-electron chi connectivity index (χ2n) is 5.16. The van der Waals surface area contributed by atoms with Crippen LogP contribution in [0.1, 0.15) is 11.3 Å². The number of methoxy groups -OCH3 is 2. The molecule has 0 amide bonds. The van der Waals surface area contributed by atoms with E-state index in [9.17, 15) is 0 Å². The van der Waals surface area contributed by atoms with Gasteiger partial charge in [0.15, 0.2) is 23.1 Å². The van der Waals surface area contributed by atoms with Crippen molar-refractivity contribution in [3.8, 4) is 11.5 Å². The summed E-state index contributed by atoms with van der Waals surface area (Å²) in [6.45, 7) is 2.35. The molecule has 2 N–H and O–H groups in total. The first-order chi connectivity index (χ1) is 12.2. The van der Waals surface area contributed by atoms with Gasteiger partial charge in [0.25, 0.3) is 0 Å². The van der Waals surface area contributed by atoms with Crippen molar-refractivity contribution in [3.63, 3.8) is 0 Å². The van der Waals surface area contributed by atoms with Gasteiger partial charge in [-0.1, -0.05) is 11.2 Å². The van der Waals surface area contributed by atoms with Crippen molar-refractivity contribution in [3.05, 3.63) is 41.8 Å². The molecule has 0 aliphatic rings. The third-order valence-corrected chi connectivity index (χ3v) is 3.35. The lowest BCUT2D eigenvalue weighted by atomic mass is 10.2. The zero-order chi connectivity index (χ0) is 17.6. The number of ether oxygens (including phenoxy) is 2. The van der Waals surface area contributed by atoms with Crippen molar-refractivity contribution in [2.45, 2.75) is 13.5 Å². The molecule has 0 spiro atoms. The van der Waals surface area contributed by atoms with Crippen LogP contribution in [0.25, 0.3) is 0 Å². The number of aromatic nitrogens is 4. The van der Waals surface area contributed by atoms with Gasteiger partial charge < -0.3 is 24.6 Å². The molecule has 9 heteroatoms. The number of aryl methyl sites for hydroxylation is 1. The van der Waals surface area contributed by atoms with Crippen molar-refractivity contribution in [1.82, 2.24) is 20.3 Å². The molecule has 2 heterocycles. The molecule has 2 aromatic heterocycles. The Morgan fingerprint density at radius 2 is 1.92 bits per heavy atom. The summed E-state index contributed by atoms with van der Waals surface area (Å²) >= 11 is 0. The number of anilines is 3. The minimum atomic E-state index is 0.325. The molecule has 0 bridgehead atoms. The van der Waals surface area contributed by atoms with Gasteiger partial charge in [-0.3, -0.25) is 0 Å². The maximum absolute atomic E-state index is 5.30. The Balaban J connectivity index is 1.66. The highest BCUT2D eigenvalue weighted by molar-refractivity contribution is 5.49. The van der Waals surface area contributed by atoms with Crippen molar-refractivity contribution >= 4 is 17.6 Å². The monoisotopic (exact) mass is 342 g/mol. The zero-order valence-corrected chi connectivity index (χ0v) is 14.1. The molecule has 0 saturated carbocycles. The zero-order valence-electron chi connectivity index (χ0n) is 14.1. The predicted molar refractivity (Wildman–Crippen MR) is 91.2 cm³/mol. The van der Waals surface area contributed by atoms with Crippen molar-refractivity contribution in [2.24, 2.45) is 0 Å². The first-order valence-corrected chi connectivity index (χ1v) is 7.53. The predicted octanol–water partition coefficient (Wildman–Crippen LogP) is 2.54. The molecule has 0 fully saturated rings. The molecule has 0 atom stereocenters. The highest BCUT2D eigenvalue weighted by Gasteiger charge is 2.07. The van der Waals surface area contributed by atoms with Gasteiger partial charge in [-0.2, -0.15) is 10.1 Å². The first kappa shape index (κ1) is 16.5. The lowest BCUT2D eigenvalue weighted by molar-refractivity contribution is 0.354. The van der Waals surface area contributed by atoms with E-state index in [2.05, 4.69) is 31.0 Å². The molecule has 0 unspecified atom stereocenters. The fraction of sp³-hybridized carbons (Fsp3) is 0.250. The molecular formula is C16H18N6O3. The van der Waals surface area contributed by atoms with E-state index in [-0.39, 0.29) is 0 Å². The van der Waals surface area contributed by atoms with Gasteiger partial charge in [-0.15, -0.1) is 5.10 Å². The molecule has 0 aliphatic carbocycles. The maximum Gasteiger partial charge on any atom is 0.250 e. The fourth-order valence-corrected chi connectivity index (χ4v) is 2.16. The van der Waals surface area contributed by atoms with E-state index in [1.807, 2.05) is 18.2 Å². The van der Waals surface area contributed by atoms with E-state index in [0.717, 1.165) is 5.56 Å². The summed E-state index contributed by atoms with van der Waals surface area (Å²) in [5.41, 5.74) is 1.01. The highest BCUT2D eigenvalue weighted by atomic mass is 16.5. The van der Waals surface area contributed by atoms with Crippen molar-refractivity contribution in [1.29, 1.82) is 0 Å². The lowest BCUT2D eigenvalue weighted by Gasteiger charge is -2.10. The van der Waals surface area contributed by atoms with Gasteiger partial charge in [0.1, 0.15) is 5.76 Å². The van der Waals surface area contributed by atoms with Gasteiger partial charge in [-0.25, -0.2) is 0 Å². The number of nitrogens with zero attached hydrogens (tertiary/aromatic N) is 4. The average Bonchev–Trinajstić information content (AvgIpc) is 3.04. The van der Waals surface area contributed by atoms with Crippen LogP contribution < -0.4 is 20.1 Å². The number of hydrogen-bond acceptors (Lipinski definition) is 9. The Morgan fingerprint density at radius 1 is 1.08 bits per heavy atom. The third kappa shape index (κ3) is 4.14. The average molecular weight is 342 g/mol. The standard InChI is InChI=1S/C16H18N6O3/c1-10-6-14(22-25-10)19-16-20-15(9-18-21-16)17-8-11-4-5-12(23-2)13(7-11)24-3/h4-7,9H,8H2,1-3H3,(H2,17,19,20,21,22). The Bertz CT molecular complexity index is 851. The first-order valence-electron chi connectivity index (χ1n) is 7.53. The Kier molecular flexibility index (Phi) is 4.93. The summed E-state index contributed by atoms with van der Waals surface area (Å²) in [4.78, 5) is 4.34. The summed E-state index contributed by atoms with van der Waals surface area (Å²) in [5, 5.41) is 17.8. The highest BCUT2D eigenvalue weighted by Crippen LogP contribution is 2.27. The van der Waals surface area contributed by atoms with E-state index in [1.165, 1.54) is 0 Å². The Labute approximate surface area is 144 Å². The van der Waals surface area contributed by atoms with Crippen molar-refractivity contribution in [2.75, 3.05) is 24.9 Å². The summed E-state index contributed by atoms with van der Waals surface area (Å²) < 4.78 is 15.5. The van der Waals surface area contributed by atoms with Crippen LogP contribution >= 0.6 is 0 Å². The topological polar surface area (TPSA) is 107 Å². The summed E-state index contributed by atoms with van der Waals surface area (Å²) in [7, 11) is 3.21. The molecule has 9 nitrogen and oxygen atoms in total. The third-order valence-electron chi connectivity index (χ3n) is 3.35. The summed E-state index contributed by atoms with van der Waals surface area (Å²) in [5.74, 6) is 3.48. The number of benzene rings is 1. The molecule has 25 heavy (non-hydrogen) atoms. The molecule has 130 valence electrons. The molecule has 0 radical (unpaired) electrons. The lowest BCUT2D eigenvalue weighted by Crippen LogP contribution is -2.06. The minimum Gasteiger partial charge on any atom is -0.493 e. The molecule has 3 rings (SSSR count). The van der Waals surface area contributed by atoms with Crippen LogP contribution in [0.3, 0.4) is 0 Å². The molecular weight excluding hydrogens is 324 g/mol. The SMILES string of the molecule is COc1ccc(CNc2cnnc(Nc3cc(C)on3)n2)cc1OC. The summed E-state index contributed by atoms with van der Waals surface area (Å²) in [6, 6.07) is 7.44. The van der Waals surface area contributed by atoms with E-state index in [4.69, 9.17) is 14.0 Å². The molecule has 1 aromatic carbocycles. The van der Waals surface area contributed by atoms with Gasteiger partial charge in [0.05, 0.1) is 20.4 Å². The van der Waals surface area contributed by atoms with Crippen LogP contribution in [-0.2, 0) is 6.54 Å². The van der Waals surface area contributed by atoms with Crippen LogP contribution in [0.5, 0.6) is 11.5 Å². The van der Waals surface area contributed by atoms with E-state index < -0.39 is 0 Å². The quantitative estimate of drug-likeness (QED) is 0.669. The van der Waals surface area contributed by atoms with Gasteiger partial charge in [0, 0.05) is 12.6 Å². The molecule has 0 aliphatic heterocycles. The molecule has 0 saturated heterocycles. The summed E-state index contributed by atoms with van der Waals surface area (Å²) in [6.07, 6.45) is 1.54. The van der Waals surface area contributed by atoms with Gasteiger partial charge in [0.2, 0.25) is 5.95 Å². The van der Waals surface area contributed by atoms with Crippen LogP contribution in [0.4, 0.5) is 17.6 Å². The van der Waals surface area contributed by atoms with Gasteiger partial charge >= 0.3 is 0 Å². The largest absolute Gasteiger partial charge is 0.493 e. The number of hydrogen-bond donors (Lipinski definition) is 2. The van der Waals surface area contributed by atoms with E-state index in [1.54, 1.807) is 33.4 Å². The van der Waals surface area contributed by atoms with Gasteiger partial charge in [-0.05, 0) is 24.6 Å².